The van der Waals surface area contributed by atoms with Crippen LogP contribution in [0.3, 0.4) is 0 Å². The van der Waals surface area contributed by atoms with E-state index in [1.54, 1.807) is 0 Å². The van der Waals surface area contributed by atoms with Gasteiger partial charge in [-0.15, -0.1) is 0 Å². The fraction of sp³-hybridized carbons (Fsp3) is 0.750. The topological polar surface area (TPSA) is 50.1 Å². The van der Waals surface area contributed by atoms with Crippen molar-refractivity contribution >= 4 is 5.97 Å². The standard InChI is InChI=1S/C8H11NO2/c1-11-8(10)7-3-2-6(7)4-5-9/h6-7H,2-4H2,1H3/t6-,7-/m1/s1. The number of nitriles is 1. The molecule has 1 fully saturated rings. The van der Waals surface area contributed by atoms with Gasteiger partial charge in [-0.1, -0.05) is 0 Å². The maximum atomic E-state index is 10.9. The highest BCUT2D eigenvalue weighted by Gasteiger charge is 2.36. The van der Waals surface area contributed by atoms with E-state index in [1.165, 1.54) is 7.11 Å². The molecule has 60 valence electrons. The number of esters is 1. The number of rotatable bonds is 2. The molecule has 0 N–H and O–H groups in total. The summed E-state index contributed by atoms with van der Waals surface area (Å²) in [5, 5.41) is 8.37. The molecule has 0 unspecified atom stereocenters. The predicted molar refractivity (Wildman–Crippen MR) is 38.5 cm³/mol. The maximum Gasteiger partial charge on any atom is 0.308 e. The summed E-state index contributed by atoms with van der Waals surface area (Å²) in [4.78, 5) is 10.9. The van der Waals surface area contributed by atoms with Crippen LogP contribution in [0.25, 0.3) is 0 Å². The van der Waals surface area contributed by atoms with E-state index < -0.39 is 0 Å². The van der Waals surface area contributed by atoms with Crippen molar-refractivity contribution in [1.82, 2.24) is 0 Å². The van der Waals surface area contributed by atoms with Gasteiger partial charge >= 0.3 is 5.97 Å². The van der Waals surface area contributed by atoms with Crippen LogP contribution in [0.1, 0.15) is 19.3 Å². The average Bonchev–Trinajstić information content (AvgIpc) is 1.98. The Balaban J connectivity index is 2.38. The Labute approximate surface area is 66.0 Å². The van der Waals surface area contributed by atoms with Crippen LogP contribution in [0.15, 0.2) is 0 Å². The van der Waals surface area contributed by atoms with Crippen LogP contribution < -0.4 is 0 Å². The van der Waals surface area contributed by atoms with E-state index >= 15 is 0 Å². The third-order valence-electron chi connectivity index (χ3n) is 2.27. The molecule has 11 heavy (non-hydrogen) atoms. The van der Waals surface area contributed by atoms with Crippen LogP contribution in [0.2, 0.25) is 0 Å². The lowest BCUT2D eigenvalue weighted by Crippen LogP contribution is -2.33. The van der Waals surface area contributed by atoms with Crippen molar-refractivity contribution in [2.75, 3.05) is 7.11 Å². The summed E-state index contributed by atoms with van der Waals surface area (Å²) in [5.74, 6) is 0.101. The zero-order valence-electron chi connectivity index (χ0n) is 6.54. The molecule has 1 saturated carbocycles. The van der Waals surface area contributed by atoms with Crippen LogP contribution in [-0.4, -0.2) is 13.1 Å². The summed E-state index contributed by atoms with van der Waals surface area (Å²) in [7, 11) is 1.39. The Morgan fingerprint density at radius 1 is 1.73 bits per heavy atom. The fourth-order valence-electron chi connectivity index (χ4n) is 1.39. The lowest BCUT2D eigenvalue weighted by molar-refractivity contribution is -0.151. The van der Waals surface area contributed by atoms with Gasteiger partial charge in [0.1, 0.15) is 0 Å². The SMILES string of the molecule is COC(=O)[C@@H]1CC[C@@H]1CC#N. The normalized spacial score (nSPS) is 28.4. The fourth-order valence-corrected chi connectivity index (χ4v) is 1.39. The van der Waals surface area contributed by atoms with E-state index in [2.05, 4.69) is 10.8 Å². The van der Waals surface area contributed by atoms with E-state index in [9.17, 15) is 4.79 Å². The average molecular weight is 153 g/mol. The number of methoxy groups -OCH3 is 1. The Morgan fingerprint density at radius 2 is 2.45 bits per heavy atom. The first-order chi connectivity index (χ1) is 5.29. The van der Waals surface area contributed by atoms with Gasteiger partial charge in [0, 0.05) is 6.42 Å². The van der Waals surface area contributed by atoms with Gasteiger partial charge in [-0.05, 0) is 18.8 Å². The molecule has 0 heterocycles. The molecule has 2 atom stereocenters. The number of carbonyl (C=O) groups is 1. The van der Waals surface area contributed by atoms with Crippen molar-refractivity contribution < 1.29 is 9.53 Å². The minimum absolute atomic E-state index is 0.000324. The summed E-state index contributed by atoms with van der Waals surface area (Å²) >= 11 is 0. The van der Waals surface area contributed by atoms with E-state index in [0.29, 0.717) is 6.42 Å². The van der Waals surface area contributed by atoms with Gasteiger partial charge in [-0.25, -0.2) is 0 Å². The number of nitrogens with zero attached hydrogens (tertiary/aromatic N) is 1. The van der Waals surface area contributed by atoms with E-state index in [1.807, 2.05) is 0 Å². The summed E-state index contributed by atoms with van der Waals surface area (Å²) in [6.45, 7) is 0. The molecular formula is C8H11NO2. The Hall–Kier alpha value is -1.04. The second-order valence-electron chi connectivity index (χ2n) is 2.83. The molecule has 0 amide bonds. The van der Waals surface area contributed by atoms with Gasteiger partial charge in [0.05, 0.1) is 19.1 Å². The molecule has 1 aliphatic carbocycles. The first-order valence-electron chi connectivity index (χ1n) is 3.74. The Kier molecular flexibility index (Phi) is 2.48. The second kappa shape index (κ2) is 3.38. The van der Waals surface area contributed by atoms with Gasteiger partial charge in [0.2, 0.25) is 0 Å². The van der Waals surface area contributed by atoms with Crippen LogP contribution in [0, 0.1) is 23.2 Å². The van der Waals surface area contributed by atoms with Crippen molar-refractivity contribution in [3.63, 3.8) is 0 Å². The third-order valence-corrected chi connectivity index (χ3v) is 2.27. The minimum atomic E-state index is -0.156. The van der Waals surface area contributed by atoms with Gasteiger partial charge in [-0.2, -0.15) is 5.26 Å². The Morgan fingerprint density at radius 3 is 2.82 bits per heavy atom. The summed E-state index contributed by atoms with van der Waals surface area (Å²) in [6.07, 6.45) is 2.37. The number of ether oxygens (including phenoxy) is 1. The number of hydrogen-bond donors (Lipinski definition) is 0. The molecule has 0 bridgehead atoms. The van der Waals surface area contributed by atoms with Crippen molar-refractivity contribution in [2.24, 2.45) is 11.8 Å². The Bertz CT molecular complexity index is 195. The van der Waals surface area contributed by atoms with Crippen molar-refractivity contribution in [2.45, 2.75) is 19.3 Å². The molecule has 0 aliphatic heterocycles. The first kappa shape index (κ1) is 8.06. The maximum absolute atomic E-state index is 10.9. The molecule has 1 rings (SSSR count). The highest BCUT2D eigenvalue weighted by molar-refractivity contribution is 5.73. The van der Waals surface area contributed by atoms with Crippen LogP contribution >= 0.6 is 0 Å². The van der Waals surface area contributed by atoms with Crippen LogP contribution in [-0.2, 0) is 9.53 Å². The molecule has 0 radical (unpaired) electrons. The minimum Gasteiger partial charge on any atom is -0.469 e. The van der Waals surface area contributed by atoms with E-state index in [0.717, 1.165) is 12.8 Å². The third kappa shape index (κ3) is 1.51. The van der Waals surface area contributed by atoms with Gasteiger partial charge in [-0.3, -0.25) is 4.79 Å². The molecule has 3 heteroatoms. The molecule has 0 aromatic heterocycles. The van der Waals surface area contributed by atoms with Gasteiger partial charge in [0.15, 0.2) is 0 Å². The quantitative estimate of drug-likeness (QED) is 0.558. The van der Waals surface area contributed by atoms with Crippen molar-refractivity contribution in [3.8, 4) is 6.07 Å². The summed E-state index contributed by atoms with van der Waals surface area (Å²) in [5.41, 5.74) is 0. The lowest BCUT2D eigenvalue weighted by atomic mass is 9.72. The number of hydrogen-bond acceptors (Lipinski definition) is 3. The highest BCUT2D eigenvalue weighted by atomic mass is 16.5. The van der Waals surface area contributed by atoms with E-state index in [4.69, 9.17) is 5.26 Å². The lowest BCUT2D eigenvalue weighted by Gasteiger charge is -2.32. The molecule has 3 nitrogen and oxygen atoms in total. The summed E-state index contributed by atoms with van der Waals surface area (Å²) in [6, 6.07) is 2.07. The highest BCUT2D eigenvalue weighted by Crippen LogP contribution is 2.37. The zero-order valence-corrected chi connectivity index (χ0v) is 6.54. The first-order valence-corrected chi connectivity index (χ1v) is 3.74. The molecule has 1 aliphatic rings. The van der Waals surface area contributed by atoms with Crippen LogP contribution in [0.5, 0.6) is 0 Å². The van der Waals surface area contributed by atoms with Crippen LogP contribution in [0.4, 0.5) is 0 Å². The van der Waals surface area contributed by atoms with E-state index in [-0.39, 0.29) is 17.8 Å². The van der Waals surface area contributed by atoms with Gasteiger partial charge < -0.3 is 4.74 Å². The monoisotopic (exact) mass is 153 g/mol. The molecule has 0 spiro atoms. The number of carbonyl (C=O) groups excluding carboxylic acids is 1. The molecular weight excluding hydrogens is 142 g/mol. The van der Waals surface area contributed by atoms with Gasteiger partial charge in [0.25, 0.3) is 0 Å². The molecule has 0 saturated heterocycles. The predicted octanol–water partition coefficient (Wildman–Crippen LogP) is 1.10. The van der Waals surface area contributed by atoms with Crippen molar-refractivity contribution in [3.05, 3.63) is 0 Å². The van der Waals surface area contributed by atoms with Crippen molar-refractivity contribution in [1.29, 1.82) is 5.26 Å². The second-order valence-corrected chi connectivity index (χ2v) is 2.83. The smallest absolute Gasteiger partial charge is 0.308 e. The zero-order chi connectivity index (χ0) is 8.27. The summed E-state index contributed by atoms with van der Waals surface area (Å²) < 4.78 is 4.58. The molecule has 0 aromatic rings. The molecule has 0 aromatic carbocycles. The largest absolute Gasteiger partial charge is 0.469 e.